The zero-order valence-corrected chi connectivity index (χ0v) is 13.7. The van der Waals surface area contributed by atoms with Gasteiger partial charge in [-0.1, -0.05) is 27.2 Å². The minimum atomic E-state index is -0.00436. The fraction of sp³-hybridized carbons (Fsp3) is 1.00. The molecular formula is C17H34N2O. The highest BCUT2D eigenvalue weighted by Gasteiger charge is 2.42. The molecule has 1 aliphatic carbocycles. The Hall–Kier alpha value is -0.120. The highest BCUT2D eigenvalue weighted by atomic mass is 16.3. The normalized spacial score (nSPS) is 35.2. The second kappa shape index (κ2) is 7.24. The van der Waals surface area contributed by atoms with Crippen LogP contribution in [0.2, 0.25) is 0 Å². The Labute approximate surface area is 125 Å². The lowest BCUT2D eigenvalue weighted by Gasteiger charge is -2.38. The lowest BCUT2D eigenvalue weighted by molar-refractivity contribution is 0.101. The average molecular weight is 282 g/mol. The molecule has 0 aromatic heterocycles. The first-order valence-corrected chi connectivity index (χ1v) is 8.74. The molecule has 2 aliphatic rings. The fourth-order valence-corrected chi connectivity index (χ4v) is 4.56. The van der Waals surface area contributed by atoms with Crippen molar-refractivity contribution < 1.29 is 5.11 Å². The summed E-state index contributed by atoms with van der Waals surface area (Å²) in [6.45, 7) is 9.52. The van der Waals surface area contributed by atoms with E-state index in [1.165, 1.54) is 51.6 Å². The molecule has 1 saturated heterocycles. The van der Waals surface area contributed by atoms with Crippen molar-refractivity contribution in [2.75, 3.05) is 19.7 Å². The Balaban J connectivity index is 1.90. The Morgan fingerprint density at radius 3 is 2.75 bits per heavy atom. The van der Waals surface area contributed by atoms with Gasteiger partial charge in [0.25, 0.3) is 0 Å². The number of likely N-dealkylation sites (tertiary alicyclic amines) is 1. The molecule has 2 rings (SSSR count). The van der Waals surface area contributed by atoms with E-state index in [1.807, 2.05) is 0 Å². The zero-order chi connectivity index (χ0) is 14.6. The minimum Gasteiger partial charge on any atom is -0.394 e. The topological polar surface area (TPSA) is 35.5 Å². The Bertz CT molecular complexity index is 295. The van der Waals surface area contributed by atoms with Crippen LogP contribution < -0.4 is 5.32 Å². The minimum absolute atomic E-state index is 0.00436. The van der Waals surface area contributed by atoms with Crippen molar-refractivity contribution in [2.24, 2.45) is 5.92 Å². The van der Waals surface area contributed by atoms with Crippen LogP contribution in [0, 0.1) is 5.92 Å². The molecule has 3 heteroatoms. The second-order valence-corrected chi connectivity index (χ2v) is 7.23. The number of nitrogens with one attached hydrogen (secondary N) is 1. The third-order valence-corrected chi connectivity index (χ3v) is 5.55. The van der Waals surface area contributed by atoms with Gasteiger partial charge in [-0.15, -0.1) is 0 Å². The van der Waals surface area contributed by atoms with E-state index in [0.717, 1.165) is 12.5 Å². The van der Waals surface area contributed by atoms with Crippen LogP contribution in [0.4, 0.5) is 0 Å². The molecule has 20 heavy (non-hydrogen) atoms. The van der Waals surface area contributed by atoms with E-state index in [9.17, 15) is 5.11 Å². The van der Waals surface area contributed by atoms with Gasteiger partial charge in [0, 0.05) is 17.6 Å². The molecule has 3 nitrogen and oxygen atoms in total. The number of nitrogens with zero attached hydrogens (tertiary/aromatic N) is 1. The zero-order valence-electron chi connectivity index (χ0n) is 13.7. The lowest BCUT2D eigenvalue weighted by Crippen LogP contribution is -2.54. The van der Waals surface area contributed by atoms with E-state index >= 15 is 0 Å². The summed E-state index contributed by atoms with van der Waals surface area (Å²) in [5.74, 6) is 0.646. The Morgan fingerprint density at radius 2 is 2.10 bits per heavy atom. The van der Waals surface area contributed by atoms with Gasteiger partial charge in [0.15, 0.2) is 0 Å². The van der Waals surface area contributed by atoms with Crippen LogP contribution >= 0.6 is 0 Å². The van der Waals surface area contributed by atoms with Gasteiger partial charge in [0.1, 0.15) is 0 Å². The SMILES string of the molecule is CCC1CCCN1CCC1CCCC1(CO)NC(C)C. The van der Waals surface area contributed by atoms with Crippen LogP contribution in [0.5, 0.6) is 0 Å². The molecule has 1 aliphatic heterocycles. The van der Waals surface area contributed by atoms with Crippen LogP contribution in [0.25, 0.3) is 0 Å². The van der Waals surface area contributed by atoms with Crippen LogP contribution in [-0.4, -0.2) is 47.3 Å². The van der Waals surface area contributed by atoms with Crippen molar-refractivity contribution in [1.82, 2.24) is 10.2 Å². The summed E-state index contributed by atoms with van der Waals surface area (Å²) in [4.78, 5) is 2.69. The molecule has 0 aromatic rings. The van der Waals surface area contributed by atoms with Crippen molar-refractivity contribution in [2.45, 2.75) is 83.3 Å². The smallest absolute Gasteiger partial charge is 0.0616 e. The summed E-state index contributed by atoms with van der Waals surface area (Å²) in [5.41, 5.74) is -0.00436. The highest BCUT2D eigenvalue weighted by Crippen LogP contribution is 2.38. The van der Waals surface area contributed by atoms with Gasteiger partial charge in [0.05, 0.1) is 6.61 Å². The van der Waals surface area contributed by atoms with Gasteiger partial charge < -0.3 is 15.3 Å². The summed E-state index contributed by atoms with van der Waals surface area (Å²) in [7, 11) is 0. The first kappa shape index (κ1) is 16.3. The number of aliphatic hydroxyl groups excluding tert-OH is 1. The molecule has 0 aromatic carbocycles. The third kappa shape index (κ3) is 3.55. The largest absolute Gasteiger partial charge is 0.394 e. The molecular weight excluding hydrogens is 248 g/mol. The molecule has 0 bridgehead atoms. The Morgan fingerprint density at radius 1 is 1.30 bits per heavy atom. The number of rotatable bonds is 7. The molecule has 1 heterocycles. The van der Waals surface area contributed by atoms with Crippen molar-refractivity contribution >= 4 is 0 Å². The van der Waals surface area contributed by atoms with Gasteiger partial charge in [-0.25, -0.2) is 0 Å². The quantitative estimate of drug-likeness (QED) is 0.754. The molecule has 0 spiro atoms. The van der Waals surface area contributed by atoms with Gasteiger partial charge in [-0.2, -0.15) is 0 Å². The maximum atomic E-state index is 9.95. The van der Waals surface area contributed by atoms with Crippen molar-refractivity contribution in [3.8, 4) is 0 Å². The number of hydrogen-bond acceptors (Lipinski definition) is 3. The first-order chi connectivity index (χ1) is 9.61. The maximum absolute atomic E-state index is 9.95. The summed E-state index contributed by atoms with van der Waals surface area (Å²) >= 11 is 0. The van der Waals surface area contributed by atoms with E-state index in [2.05, 4.69) is 31.0 Å². The molecule has 3 atom stereocenters. The maximum Gasteiger partial charge on any atom is 0.0616 e. The van der Waals surface area contributed by atoms with Gasteiger partial charge in [0.2, 0.25) is 0 Å². The molecule has 2 fully saturated rings. The predicted molar refractivity (Wildman–Crippen MR) is 84.9 cm³/mol. The summed E-state index contributed by atoms with van der Waals surface area (Å²) < 4.78 is 0. The van der Waals surface area contributed by atoms with E-state index in [-0.39, 0.29) is 5.54 Å². The van der Waals surface area contributed by atoms with Crippen LogP contribution in [0.3, 0.4) is 0 Å². The van der Waals surface area contributed by atoms with E-state index in [4.69, 9.17) is 0 Å². The lowest BCUT2D eigenvalue weighted by atomic mass is 9.84. The predicted octanol–water partition coefficient (Wildman–Crippen LogP) is 2.78. The van der Waals surface area contributed by atoms with E-state index in [0.29, 0.717) is 18.6 Å². The van der Waals surface area contributed by atoms with Crippen molar-refractivity contribution in [1.29, 1.82) is 0 Å². The highest BCUT2D eigenvalue weighted by molar-refractivity contribution is 5.00. The average Bonchev–Trinajstić information content (AvgIpc) is 3.02. The van der Waals surface area contributed by atoms with Gasteiger partial charge >= 0.3 is 0 Å². The van der Waals surface area contributed by atoms with E-state index in [1.54, 1.807) is 0 Å². The summed E-state index contributed by atoms with van der Waals surface area (Å²) in [6.07, 6.45) is 8.99. The Kier molecular flexibility index (Phi) is 5.88. The summed E-state index contributed by atoms with van der Waals surface area (Å²) in [5, 5.41) is 13.6. The van der Waals surface area contributed by atoms with Crippen molar-refractivity contribution in [3.05, 3.63) is 0 Å². The van der Waals surface area contributed by atoms with Crippen LogP contribution in [0.1, 0.15) is 65.7 Å². The van der Waals surface area contributed by atoms with Crippen molar-refractivity contribution in [3.63, 3.8) is 0 Å². The molecule has 1 saturated carbocycles. The summed E-state index contributed by atoms with van der Waals surface area (Å²) in [6, 6.07) is 1.27. The van der Waals surface area contributed by atoms with Crippen LogP contribution in [-0.2, 0) is 0 Å². The second-order valence-electron chi connectivity index (χ2n) is 7.23. The molecule has 3 unspecified atom stereocenters. The van der Waals surface area contributed by atoms with E-state index < -0.39 is 0 Å². The molecule has 118 valence electrons. The van der Waals surface area contributed by atoms with Crippen LogP contribution in [0.15, 0.2) is 0 Å². The third-order valence-electron chi connectivity index (χ3n) is 5.55. The molecule has 0 amide bonds. The molecule has 0 radical (unpaired) electrons. The fourth-order valence-electron chi connectivity index (χ4n) is 4.56. The monoisotopic (exact) mass is 282 g/mol. The first-order valence-electron chi connectivity index (χ1n) is 8.74. The standard InChI is InChI=1S/C17H34N2O/c1-4-16-8-6-11-19(16)12-9-15-7-5-10-17(15,13-20)18-14(2)3/h14-16,18,20H,4-13H2,1-3H3. The van der Waals surface area contributed by atoms with Gasteiger partial charge in [-0.3, -0.25) is 0 Å². The number of hydrogen-bond donors (Lipinski definition) is 2. The van der Waals surface area contributed by atoms with Gasteiger partial charge in [-0.05, 0) is 57.5 Å². The number of aliphatic hydroxyl groups is 1. The molecule has 2 N–H and O–H groups in total.